The summed E-state index contributed by atoms with van der Waals surface area (Å²) in [6.45, 7) is 0. The molecule has 0 saturated carbocycles. The summed E-state index contributed by atoms with van der Waals surface area (Å²) in [5.41, 5.74) is 24.9. The fraction of sp³-hybridized carbons (Fsp3) is 0.0649. The monoisotopic (exact) mass is 1070 g/mol. The van der Waals surface area contributed by atoms with Gasteiger partial charge in [-0.15, -0.1) is 0 Å². The van der Waals surface area contributed by atoms with E-state index in [0.717, 1.165) is 69.2 Å². The van der Waals surface area contributed by atoms with Gasteiger partial charge in [-0.2, -0.15) is 21.0 Å². The summed E-state index contributed by atoms with van der Waals surface area (Å²) in [7, 11) is 0. The summed E-state index contributed by atoms with van der Waals surface area (Å²) < 4.78 is 2.56. The first-order valence-corrected chi connectivity index (χ1v) is 28.5. The average molecular weight is 1070 g/mol. The molecule has 7 nitrogen and oxygen atoms in total. The van der Waals surface area contributed by atoms with Crippen molar-refractivity contribution in [3.8, 4) is 68.8 Å². The number of nitrogens with zero attached hydrogens (tertiary/aromatic N) is 7. The van der Waals surface area contributed by atoms with E-state index in [1.165, 1.54) is 82.6 Å². The number of fused-ring (bicyclic) bond motifs is 17. The van der Waals surface area contributed by atoms with E-state index in [1.807, 2.05) is 72.8 Å². The molecule has 7 heteroatoms. The van der Waals surface area contributed by atoms with Gasteiger partial charge >= 0.3 is 0 Å². The van der Waals surface area contributed by atoms with Crippen molar-refractivity contribution in [1.82, 2.24) is 4.40 Å². The first-order chi connectivity index (χ1) is 41.5. The zero-order valence-electron chi connectivity index (χ0n) is 45.4. The standard InChI is InChI=1S/C77H47N7/c78-44-48-16-29-55(30-17-48)82(56-31-18-49(45-79)19-32-56)59-37-24-52(25-38-59)54-28-41-65-70(42-54)77(68-13-4-1-8-61(68)62-9-2-5-14-69(62)77)71-43-67(73-66-12-7-11-64-63-10-3-6-15-72(63)84(75(64)66)76(73)74(65)71)53-26-39-60(40-27-53)83(57-33-20-50(46-80)21-34-57)58-35-22-51(47-81)23-36-58/h1-17,20-31,33-43,49H,18-19,32H2. The fourth-order valence-electron chi connectivity index (χ4n) is 14.3. The van der Waals surface area contributed by atoms with Gasteiger partial charge in [0.25, 0.3) is 0 Å². The summed E-state index contributed by atoms with van der Waals surface area (Å²) >= 11 is 0. The predicted molar refractivity (Wildman–Crippen MR) is 337 cm³/mol. The minimum atomic E-state index is -0.697. The lowest BCUT2D eigenvalue weighted by atomic mass is 9.69. The summed E-state index contributed by atoms with van der Waals surface area (Å²) in [5.74, 6) is 0.00514. The molecule has 390 valence electrons. The van der Waals surface area contributed by atoms with Gasteiger partial charge in [-0.25, -0.2) is 0 Å². The number of hydrogen-bond acceptors (Lipinski definition) is 6. The van der Waals surface area contributed by atoms with Crippen LogP contribution in [0.5, 0.6) is 0 Å². The Labute approximate surface area is 485 Å². The van der Waals surface area contributed by atoms with Crippen molar-refractivity contribution in [3.05, 3.63) is 287 Å². The summed E-state index contributed by atoms with van der Waals surface area (Å²) in [4.78, 5) is 4.46. The molecule has 0 saturated heterocycles. The van der Waals surface area contributed by atoms with Gasteiger partial charge in [0.1, 0.15) is 0 Å². The number of hydrogen-bond donors (Lipinski definition) is 0. The van der Waals surface area contributed by atoms with Crippen LogP contribution in [0.1, 0.15) is 58.2 Å². The summed E-state index contributed by atoms with van der Waals surface area (Å²) in [5, 5.41) is 43.8. The number of allylic oxidation sites excluding steroid dienone is 2. The van der Waals surface area contributed by atoms with Crippen molar-refractivity contribution in [3.63, 3.8) is 0 Å². The molecule has 16 rings (SSSR count). The molecular formula is C77H47N7. The van der Waals surface area contributed by atoms with Crippen molar-refractivity contribution >= 4 is 66.5 Å². The Bertz CT molecular complexity index is 4980. The number of aromatic nitrogens is 1. The molecule has 0 N–H and O–H groups in total. The Hall–Kier alpha value is -11.5. The van der Waals surface area contributed by atoms with Crippen LogP contribution in [0, 0.1) is 51.2 Å². The highest BCUT2D eigenvalue weighted by Crippen LogP contribution is 2.66. The average Bonchev–Trinajstić information content (AvgIpc) is 1.50. The van der Waals surface area contributed by atoms with Crippen molar-refractivity contribution in [1.29, 1.82) is 21.0 Å². The molecule has 1 unspecified atom stereocenters. The SMILES string of the molecule is N#Cc1ccc(N(C2=CCC(C#N)CC2)c2ccc(-c3ccc4c(c3)C3(c5ccccc5-c5ccccc53)c3cc(-c5ccc(N(c6ccc(C#N)cc6)c6ccc(C#N)cc6)cc5)c5c6cccc7c8ccccc8n(c5c3-4)c76)cc2)cc1. The lowest BCUT2D eigenvalue weighted by Crippen LogP contribution is -2.26. The van der Waals surface area contributed by atoms with Crippen LogP contribution in [0.4, 0.5) is 28.4 Å². The molecule has 0 bridgehead atoms. The largest absolute Gasteiger partial charge is 0.315 e. The smallest absolute Gasteiger partial charge is 0.0991 e. The number of benzene rings is 11. The molecule has 1 spiro atoms. The van der Waals surface area contributed by atoms with E-state index < -0.39 is 5.41 Å². The van der Waals surface area contributed by atoms with E-state index in [-0.39, 0.29) is 5.92 Å². The Morgan fingerprint density at radius 2 is 0.917 bits per heavy atom. The van der Waals surface area contributed by atoms with E-state index >= 15 is 0 Å². The maximum Gasteiger partial charge on any atom is 0.0991 e. The van der Waals surface area contributed by atoms with Crippen molar-refractivity contribution < 1.29 is 0 Å². The van der Waals surface area contributed by atoms with Crippen molar-refractivity contribution in [2.24, 2.45) is 5.92 Å². The van der Waals surface area contributed by atoms with Crippen LogP contribution in [0.3, 0.4) is 0 Å². The fourth-order valence-corrected chi connectivity index (χ4v) is 14.3. The minimum Gasteiger partial charge on any atom is -0.315 e. The molecule has 11 aromatic carbocycles. The van der Waals surface area contributed by atoms with Crippen LogP contribution in [0.15, 0.2) is 248 Å². The second kappa shape index (κ2) is 18.8. The highest BCUT2D eigenvalue weighted by Gasteiger charge is 2.53. The Balaban J connectivity index is 0.927. The predicted octanol–water partition coefficient (Wildman–Crippen LogP) is 18.9. The molecule has 13 aromatic rings. The molecule has 0 fully saturated rings. The minimum absolute atomic E-state index is 0.00514. The van der Waals surface area contributed by atoms with Crippen LogP contribution in [0.2, 0.25) is 0 Å². The molecule has 0 radical (unpaired) electrons. The zero-order valence-corrected chi connectivity index (χ0v) is 45.4. The van der Waals surface area contributed by atoms with Crippen LogP contribution in [0.25, 0.3) is 82.6 Å². The second-order valence-corrected chi connectivity index (χ2v) is 22.3. The highest BCUT2D eigenvalue weighted by molar-refractivity contribution is 6.29. The van der Waals surface area contributed by atoms with Crippen LogP contribution < -0.4 is 9.80 Å². The first-order valence-electron chi connectivity index (χ1n) is 28.5. The molecule has 0 amide bonds. The van der Waals surface area contributed by atoms with Crippen LogP contribution >= 0.6 is 0 Å². The van der Waals surface area contributed by atoms with Crippen LogP contribution in [-0.2, 0) is 5.41 Å². The van der Waals surface area contributed by atoms with Gasteiger partial charge in [-0.3, -0.25) is 0 Å². The Morgan fingerprint density at radius 1 is 0.405 bits per heavy atom. The highest BCUT2D eigenvalue weighted by atomic mass is 15.2. The maximum atomic E-state index is 9.79. The summed E-state index contributed by atoms with van der Waals surface area (Å²) in [6, 6.07) is 93.5. The van der Waals surface area contributed by atoms with Gasteiger partial charge in [0.15, 0.2) is 0 Å². The van der Waals surface area contributed by atoms with Gasteiger partial charge in [0, 0.05) is 61.2 Å². The van der Waals surface area contributed by atoms with E-state index in [2.05, 4.69) is 208 Å². The lowest BCUT2D eigenvalue weighted by molar-refractivity contribution is 0.574. The molecule has 1 atom stereocenters. The molecule has 0 aliphatic heterocycles. The summed E-state index contributed by atoms with van der Waals surface area (Å²) in [6.07, 6.45) is 4.49. The number of nitriles is 4. The molecule has 2 aromatic heterocycles. The van der Waals surface area contributed by atoms with Crippen molar-refractivity contribution in [2.45, 2.75) is 24.7 Å². The molecule has 84 heavy (non-hydrogen) atoms. The van der Waals surface area contributed by atoms with Gasteiger partial charge < -0.3 is 14.2 Å². The topological polar surface area (TPSA) is 106 Å². The number of rotatable bonds is 8. The molecule has 2 heterocycles. The quantitative estimate of drug-likeness (QED) is 0.150. The third-order valence-corrected chi connectivity index (χ3v) is 18.1. The van der Waals surface area contributed by atoms with E-state index in [4.69, 9.17) is 0 Å². The van der Waals surface area contributed by atoms with E-state index in [0.29, 0.717) is 23.1 Å². The second-order valence-electron chi connectivity index (χ2n) is 22.3. The van der Waals surface area contributed by atoms with Gasteiger partial charge in [0.05, 0.1) is 68.9 Å². The Kier molecular flexibility index (Phi) is 10.8. The number of anilines is 5. The normalized spacial score (nSPS) is 14.3. The molecule has 3 aliphatic carbocycles. The van der Waals surface area contributed by atoms with Gasteiger partial charge in [-0.05, 0) is 196 Å². The third-order valence-electron chi connectivity index (χ3n) is 18.1. The van der Waals surface area contributed by atoms with Crippen molar-refractivity contribution in [2.75, 3.05) is 9.80 Å². The number of para-hydroxylation sites is 2. The van der Waals surface area contributed by atoms with E-state index in [1.54, 1.807) is 0 Å². The van der Waals surface area contributed by atoms with Gasteiger partial charge in [-0.1, -0.05) is 127 Å². The molecular weight excluding hydrogens is 1020 g/mol. The lowest BCUT2D eigenvalue weighted by Gasteiger charge is -2.31. The zero-order chi connectivity index (χ0) is 56.2. The first kappa shape index (κ1) is 48.4. The maximum absolute atomic E-state index is 9.79. The van der Waals surface area contributed by atoms with Crippen LogP contribution in [-0.4, -0.2) is 4.40 Å². The third kappa shape index (κ3) is 7.01. The van der Waals surface area contributed by atoms with E-state index in [9.17, 15) is 21.0 Å². The van der Waals surface area contributed by atoms with Gasteiger partial charge in [0.2, 0.25) is 0 Å². The Morgan fingerprint density at radius 3 is 1.49 bits per heavy atom. The molecule has 3 aliphatic rings.